The Morgan fingerprint density at radius 3 is 2.37 bits per heavy atom. The Hall–Kier alpha value is -1.02. The fraction of sp³-hybridized carbons (Fsp3) is 0.500. The lowest BCUT2D eigenvalue weighted by molar-refractivity contribution is 0.0502. The lowest BCUT2D eigenvalue weighted by Crippen LogP contribution is -2.56. The second kappa shape index (κ2) is 5.54. The summed E-state index contributed by atoms with van der Waals surface area (Å²) in [5.74, 6) is -0.474. The molecule has 19 heavy (non-hydrogen) atoms. The fourth-order valence-electron chi connectivity index (χ4n) is 2.07. The molecule has 3 N–H and O–H groups in total. The minimum atomic E-state index is -3.70. The highest BCUT2D eigenvalue weighted by Crippen LogP contribution is 2.22. The Labute approximate surface area is 112 Å². The Morgan fingerprint density at radius 2 is 1.84 bits per heavy atom. The van der Waals surface area contributed by atoms with E-state index in [1.54, 1.807) is 0 Å². The molecule has 7 heteroatoms. The van der Waals surface area contributed by atoms with Crippen molar-refractivity contribution in [2.45, 2.75) is 23.3 Å². The van der Waals surface area contributed by atoms with Gasteiger partial charge >= 0.3 is 0 Å². The molecule has 106 valence electrons. The second-order valence-electron chi connectivity index (χ2n) is 4.66. The van der Waals surface area contributed by atoms with Crippen LogP contribution in [0, 0.1) is 5.82 Å². The molecule has 1 aromatic carbocycles. The average molecular weight is 288 g/mol. The highest BCUT2D eigenvalue weighted by atomic mass is 32.2. The van der Waals surface area contributed by atoms with Crippen LogP contribution in [0.2, 0.25) is 0 Å². The number of rotatable bonds is 4. The third-order valence-electron chi connectivity index (χ3n) is 3.32. The summed E-state index contributed by atoms with van der Waals surface area (Å²) in [4.78, 5) is 0.0354. The minimum Gasteiger partial charge on any atom is -0.381 e. The summed E-state index contributed by atoms with van der Waals surface area (Å²) in [6.45, 7) is 1.16. The molecule has 0 radical (unpaired) electrons. The van der Waals surface area contributed by atoms with Crippen LogP contribution in [0.3, 0.4) is 0 Å². The van der Waals surface area contributed by atoms with Gasteiger partial charge in [0.1, 0.15) is 5.82 Å². The Bertz CT molecular complexity index is 524. The first-order valence-corrected chi connectivity index (χ1v) is 7.53. The molecule has 1 aromatic rings. The fourth-order valence-corrected chi connectivity index (χ4v) is 3.54. The Balaban J connectivity index is 2.22. The lowest BCUT2D eigenvalue weighted by atomic mass is 9.92. The summed E-state index contributed by atoms with van der Waals surface area (Å²) >= 11 is 0. The van der Waals surface area contributed by atoms with Gasteiger partial charge in [-0.3, -0.25) is 0 Å². The van der Waals surface area contributed by atoms with Gasteiger partial charge in [-0.15, -0.1) is 0 Å². The van der Waals surface area contributed by atoms with Crippen molar-refractivity contribution in [1.29, 1.82) is 0 Å². The normalized spacial score (nSPS) is 19.3. The number of benzene rings is 1. The van der Waals surface area contributed by atoms with Crippen molar-refractivity contribution >= 4 is 10.0 Å². The smallest absolute Gasteiger partial charge is 0.241 e. The van der Waals surface area contributed by atoms with Crippen molar-refractivity contribution in [3.63, 3.8) is 0 Å². The monoisotopic (exact) mass is 288 g/mol. The first-order chi connectivity index (χ1) is 8.97. The first-order valence-electron chi connectivity index (χ1n) is 6.05. The molecule has 2 rings (SSSR count). The molecule has 0 aromatic heterocycles. The van der Waals surface area contributed by atoms with Gasteiger partial charge in [0.15, 0.2) is 0 Å². The molecule has 5 nitrogen and oxygen atoms in total. The summed E-state index contributed by atoms with van der Waals surface area (Å²) in [6.07, 6.45) is 1.06. The number of sulfonamides is 1. The standard InChI is InChI=1S/C12H17FN2O3S/c13-10-1-3-11(4-2-10)19(16,17)15-12(9-14)5-7-18-8-6-12/h1-4,15H,5-9,14H2. The summed E-state index contributed by atoms with van der Waals surface area (Å²) < 4.78 is 45.2. The Kier molecular flexibility index (Phi) is 4.19. The zero-order valence-electron chi connectivity index (χ0n) is 10.4. The summed E-state index contributed by atoms with van der Waals surface area (Å²) in [5.41, 5.74) is 5.03. The van der Waals surface area contributed by atoms with Crippen LogP contribution >= 0.6 is 0 Å². The maximum absolute atomic E-state index is 12.8. The van der Waals surface area contributed by atoms with Gasteiger partial charge in [-0.05, 0) is 37.1 Å². The van der Waals surface area contributed by atoms with Gasteiger partial charge in [-0.1, -0.05) is 0 Å². The molecule has 1 aliphatic rings. The molecule has 1 saturated heterocycles. The summed E-state index contributed by atoms with van der Waals surface area (Å²) in [7, 11) is -3.70. The van der Waals surface area contributed by atoms with Gasteiger partial charge in [0.05, 0.1) is 4.90 Å². The Morgan fingerprint density at radius 1 is 1.26 bits per heavy atom. The maximum Gasteiger partial charge on any atom is 0.241 e. The molecule has 0 atom stereocenters. The number of hydrogen-bond donors (Lipinski definition) is 2. The molecule has 0 saturated carbocycles. The van der Waals surface area contributed by atoms with E-state index in [0.717, 1.165) is 12.1 Å². The zero-order valence-corrected chi connectivity index (χ0v) is 11.2. The molecule has 0 aliphatic carbocycles. The molecule has 1 aliphatic heterocycles. The van der Waals surface area contributed by atoms with Crippen molar-refractivity contribution in [3.05, 3.63) is 30.1 Å². The first kappa shape index (κ1) is 14.4. The van der Waals surface area contributed by atoms with E-state index in [0.29, 0.717) is 26.1 Å². The highest BCUT2D eigenvalue weighted by molar-refractivity contribution is 7.89. The van der Waals surface area contributed by atoms with Crippen LogP contribution in [0.25, 0.3) is 0 Å². The van der Waals surface area contributed by atoms with Crippen LogP contribution in [0.5, 0.6) is 0 Å². The van der Waals surface area contributed by atoms with E-state index in [4.69, 9.17) is 10.5 Å². The van der Waals surface area contributed by atoms with Crippen molar-refractivity contribution in [3.8, 4) is 0 Å². The van der Waals surface area contributed by atoms with Gasteiger partial charge in [-0.2, -0.15) is 0 Å². The largest absolute Gasteiger partial charge is 0.381 e. The van der Waals surface area contributed by atoms with Crippen LogP contribution in [0.15, 0.2) is 29.2 Å². The summed E-state index contributed by atoms with van der Waals surface area (Å²) in [5, 5.41) is 0. The van der Waals surface area contributed by atoms with Crippen LogP contribution in [0.4, 0.5) is 4.39 Å². The SMILES string of the molecule is NCC1(NS(=O)(=O)c2ccc(F)cc2)CCOCC1. The van der Waals surface area contributed by atoms with Crippen LogP contribution in [-0.2, 0) is 14.8 Å². The number of ether oxygens (including phenoxy) is 1. The van der Waals surface area contributed by atoms with Crippen molar-refractivity contribution in [1.82, 2.24) is 4.72 Å². The molecule has 0 unspecified atom stereocenters. The second-order valence-corrected chi connectivity index (χ2v) is 6.34. The zero-order chi connectivity index (χ0) is 13.9. The van der Waals surface area contributed by atoms with E-state index in [1.807, 2.05) is 0 Å². The molecule has 0 spiro atoms. The van der Waals surface area contributed by atoms with E-state index in [1.165, 1.54) is 12.1 Å². The van der Waals surface area contributed by atoms with Crippen molar-refractivity contribution < 1.29 is 17.5 Å². The molecular formula is C12H17FN2O3S. The van der Waals surface area contributed by atoms with E-state index in [2.05, 4.69) is 4.72 Å². The third-order valence-corrected chi connectivity index (χ3v) is 4.91. The highest BCUT2D eigenvalue weighted by Gasteiger charge is 2.35. The third kappa shape index (κ3) is 3.30. The number of halogens is 1. The molecule has 1 heterocycles. The van der Waals surface area contributed by atoms with Crippen LogP contribution in [0.1, 0.15) is 12.8 Å². The molecule has 0 amide bonds. The summed E-state index contributed by atoms with van der Waals surface area (Å²) in [6, 6.07) is 4.71. The topological polar surface area (TPSA) is 81.4 Å². The predicted molar refractivity (Wildman–Crippen MR) is 68.6 cm³/mol. The van der Waals surface area contributed by atoms with Crippen LogP contribution < -0.4 is 10.5 Å². The quantitative estimate of drug-likeness (QED) is 0.850. The van der Waals surface area contributed by atoms with Gasteiger partial charge in [0.2, 0.25) is 10.0 Å². The van der Waals surface area contributed by atoms with E-state index in [-0.39, 0.29) is 11.4 Å². The predicted octanol–water partition coefficient (Wildman–Crippen LogP) is 0.612. The minimum absolute atomic E-state index is 0.0354. The van der Waals surface area contributed by atoms with Gasteiger partial charge in [-0.25, -0.2) is 17.5 Å². The van der Waals surface area contributed by atoms with Gasteiger partial charge in [0, 0.05) is 25.3 Å². The molecule has 0 bridgehead atoms. The number of nitrogens with two attached hydrogens (primary N) is 1. The molecular weight excluding hydrogens is 271 g/mol. The number of nitrogens with one attached hydrogen (secondary N) is 1. The average Bonchev–Trinajstić information content (AvgIpc) is 2.40. The van der Waals surface area contributed by atoms with E-state index >= 15 is 0 Å². The van der Waals surface area contributed by atoms with E-state index in [9.17, 15) is 12.8 Å². The van der Waals surface area contributed by atoms with Crippen LogP contribution in [-0.4, -0.2) is 33.7 Å². The lowest BCUT2D eigenvalue weighted by Gasteiger charge is -2.36. The van der Waals surface area contributed by atoms with Crippen molar-refractivity contribution in [2.75, 3.05) is 19.8 Å². The van der Waals surface area contributed by atoms with E-state index < -0.39 is 21.4 Å². The van der Waals surface area contributed by atoms with Gasteiger partial charge in [0.25, 0.3) is 0 Å². The van der Waals surface area contributed by atoms with Crippen molar-refractivity contribution in [2.24, 2.45) is 5.73 Å². The van der Waals surface area contributed by atoms with Gasteiger partial charge < -0.3 is 10.5 Å². The molecule has 1 fully saturated rings. The number of hydrogen-bond acceptors (Lipinski definition) is 4. The maximum atomic E-state index is 12.8.